The van der Waals surface area contributed by atoms with Gasteiger partial charge in [-0.15, -0.1) is 11.8 Å². The standard InChI is InChI=1S/C15H22ClNO2S/c1-11(14(18)17-15(2,3)4)20-10-9-19-13-7-5-12(16)6-8-13/h5-8,11H,9-10H2,1-4H3,(H,17,18)/t11-/m0/s1. The molecule has 5 heteroatoms. The zero-order chi connectivity index (χ0) is 15.2. The molecule has 0 fully saturated rings. The lowest BCUT2D eigenvalue weighted by atomic mass is 10.1. The number of halogens is 1. The molecule has 0 saturated heterocycles. The van der Waals surface area contributed by atoms with Gasteiger partial charge in [0.15, 0.2) is 0 Å². The summed E-state index contributed by atoms with van der Waals surface area (Å²) >= 11 is 7.38. The van der Waals surface area contributed by atoms with Gasteiger partial charge in [0.1, 0.15) is 5.75 Å². The topological polar surface area (TPSA) is 38.3 Å². The molecule has 0 saturated carbocycles. The van der Waals surface area contributed by atoms with E-state index >= 15 is 0 Å². The quantitative estimate of drug-likeness (QED) is 0.812. The zero-order valence-corrected chi connectivity index (χ0v) is 14.0. The van der Waals surface area contributed by atoms with E-state index in [1.165, 1.54) is 0 Å². The lowest BCUT2D eigenvalue weighted by molar-refractivity contribution is -0.121. The second kappa shape index (κ2) is 7.79. The van der Waals surface area contributed by atoms with Gasteiger partial charge in [0, 0.05) is 16.3 Å². The van der Waals surface area contributed by atoms with Crippen molar-refractivity contribution in [2.24, 2.45) is 0 Å². The fraction of sp³-hybridized carbons (Fsp3) is 0.533. The lowest BCUT2D eigenvalue weighted by Crippen LogP contribution is -2.44. The largest absolute Gasteiger partial charge is 0.493 e. The summed E-state index contributed by atoms with van der Waals surface area (Å²) in [5.41, 5.74) is -0.189. The monoisotopic (exact) mass is 315 g/mol. The first kappa shape index (κ1) is 17.2. The molecule has 0 aromatic heterocycles. The van der Waals surface area contributed by atoms with Crippen LogP contribution < -0.4 is 10.1 Å². The van der Waals surface area contributed by atoms with E-state index in [2.05, 4.69) is 5.32 Å². The maximum atomic E-state index is 11.9. The predicted octanol–water partition coefficient (Wildman–Crippen LogP) is 3.76. The molecule has 0 aliphatic rings. The van der Waals surface area contributed by atoms with Crippen LogP contribution in [-0.2, 0) is 4.79 Å². The molecular formula is C15H22ClNO2S. The van der Waals surface area contributed by atoms with Crippen molar-refractivity contribution in [3.63, 3.8) is 0 Å². The third-order valence-electron chi connectivity index (χ3n) is 2.40. The molecule has 0 heterocycles. The fourth-order valence-electron chi connectivity index (χ4n) is 1.46. The SMILES string of the molecule is C[C@H](SCCOc1ccc(Cl)cc1)C(=O)NC(C)(C)C. The molecule has 0 aliphatic heterocycles. The zero-order valence-electron chi connectivity index (χ0n) is 12.4. The Bertz CT molecular complexity index is 428. The number of carbonyl (C=O) groups is 1. The van der Waals surface area contributed by atoms with E-state index in [0.29, 0.717) is 11.6 Å². The van der Waals surface area contributed by atoms with Gasteiger partial charge in [-0.3, -0.25) is 4.79 Å². The van der Waals surface area contributed by atoms with Crippen LogP contribution in [0.1, 0.15) is 27.7 Å². The van der Waals surface area contributed by atoms with E-state index < -0.39 is 0 Å². The molecule has 0 radical (unpaired) electrons. The number of hydrogen-bond donors (Lipinski definition) is 1. The minimum atomic E-state index is -0.189. The van der Waals surface area contributed by atoms with Gasteiger partial charge in [-0.05, 0) is 52.0 Å². The number of amides is 1. The second-order valence-corrected chi connectivity index (χ2v) is 7.44. The minimum absolute atomic E-state index is 0.0639. The highest BCUT2D eigenvalue weighted by atomic mass is 35.5. The van der Waals surface area contributed by atoms with Gasteiger partial charge < -0.3 is 10.1 Å². The third-order valence-corrected chi connectivity index (χ3v) is 3.77. The first-order chi connectivity index (χ1) is 9.28. The Labute approximate surface area is 130 Å². The number of ether oxygens (including phenoxy) is 1. The predicted molar refractivity (Wildman–Crippen MR) is 86.8 cm³/mol. The van der Waals surface area contributed by atoms with Crippen molar-refractivity contribution in [2.45, 2.75) is 38.5 Å². The van der Waals surface area contributed by atoms with Crippen LogP contribution in [0, 0.1) is 0 Å². The molecule has 1 amide bonds. The number of thioether (sulfide) groups is 1. The summed E-state index contributed by atoms with van der Waals surface area (Å²) in [5.74, 6) is 1.62. The Morgan fingerprint density at radius 3 is 2.50 bits per heavy atom. The summed E-state index contributed by atoms with van der Waals surface area (Å²) in [7, 11) is 0. The van der Waals surface area contributed by atoms with Gasteiger partial charge in [-0.2, -0.15) is 0 Å². The van der Waals surface area contributed by atoms with Crippen LogP contribution in [0.4, 0.5) is 0 Å². The molecule has 3 nitrogen and oxygen atoms in total. The maximum absolute atomic E-state index is 11.9. The van der Waals surface area contributed by atoms with Crippen molar-refractivity contribution in [1.29, 1.82) is 0 Å². The van der Waals surface area contributed by atoms with Crippen molar-refractivity contribution < 1.29 is 9.53 Å². The average Bonchev–Trinajstić information content (AvgIpc) is 2.34. The molecule has 1 N–H and O–H groups in total. The molecule has 112 valence electrons. The summed E-state index contributed by atoms with van der Waals surface area (Å²) in [4.78, 5) is 11.9. The highest BCUT2D eigenvalue weighted by Crippen LogP contribution is 2.17. The van der Waals surface area contributed by atoms with Crippen LogP contribution in [-0.4, -0.2) is 29.1 Å². The van der Waals surface area contributed by atoms with Gasteiger partial charge >= 0.3 is 0 Å². The Balaban J connectivity index is 2.23. The van der Waals surface area contributed by atoms with E-state index in [4.69, 9.17) is 16.3 Å². The van der Waals surface area contributed by atoms with Gasteiger partial charge in [0.2, 0.25) is 5.91 Å². The first-order valence-corrected chi connectivity index (χ1v) is 8.02. The molecule has 0 aliphatic carbocycles. The van der Waals surface area contributed by atoms with Gasteiger partial charge in [0.05, 0.1) is 11.9 Å². The van der Waals surface area contributed by atoms with E-state index in [9.17, 15) is 4.79 Å². The molecule has 1 atom stereocenters. The van der Waals surface area contributed by atoms with Crippen molar-refractivity contribution >= 4 is 29.3 Å². The number of benzene rings is 1. The normalized spacial score (nSPS) is 12.8. The summed E-state index contributed by atoms with van der Waals surface area (Å²) in [6, 6.07) is 7.26. The van der Waals surface area contributed by atoms with Gasteiger partial charge in [-0.25, -0.2) is 0 Å². The highest BCUT2D eigenvalue weighted by molar-refractivity contribution is 8.00. The van der Waals surface area contributed by atoms with Crippen LogP contribution in [0.5, 0.6) is 5.75 Å². The molecule has 1 aromatic carbocycles. The summed E-state index contributed by atoms with van der Waals surface area (Å²) in [5, 5.41) is 3.58. The second-order valence-electron chi connectivity index (χ2n) is 5.55. The summed E-state index contributed by atoms with van der Waals surface area (Å²) < 4.78 is 5.58. The van der Waals surface area contributed by atoms with Crippen LogP contribution in [0.15, 0.2) is 24.3 Å². The molecule has 0 spiro atoms. The summed E-state index contributed by atoms with van der Waals surface area (Å²) in [6.45, 7) is 8.41. The van der Waals surface area contributed by atoms with Crippen LogP contribution in [0.25, 0.3) is 0 Å². The lowest BCUT2D eigenvalue weighted by Gasteiger charge is -2.23. The molecule has 0 unspecified atom stereocenters. The Morgan fingerprint density at radius 1 is 1.35 bits per heavy atom. The Hall–Kier alpha value is -0.870. The van der Waals surface area contributed by atoms with Crippen molar-refractivity contribution in [2.75, 3.05) is 12.4 Å². The minimum Gasteiger partial charge on any atom is -0.493 e. The Morgan fingerprint density at radius 2 is 1.95 bits per heavy atom. The average molecular weight is 316 g/mol. The number of rotatable bonds is 6. The van der Waals surface area contributed by atoms with E-state index in [-0.39, 0.29) is 16.7 Å². The van der Waals surface area contributed by atoms with E-state index in [1.807, 2.05) is 39.8 Å². The summed E-state index contributed by atoms with van der Waals surface area (Å²) in [6.07, 6.45) is 0. The van der Waals surface area contributed by atoms with Crippen LogP contribution >= 0.6 is 23.4 Å². The third kappa shape index (κ3) is 7.06. The smallest absolute Gasteiger partial charge is 0.233 e. The molecule has 20 heavy (non-hydrogen) atoms. The molecule has 1 aromatic rings. The highest BCUT2D eigenvalue weighted by Gasteiger charge is 2.19. The van der Waals surface area contributed by atoms with Crippen LogP contribution in [0.2, 0.25) is 5.02 Å². The number of carbonyl (C=O) groups excluding carboxylic acids is 1. The maximum Gasteiger partial charge on any atom is 0.233 e. The Kier molecular flexibility index (Phi) is 6.69. The molecule has 0 bridgehead atoms. The molecule has 1 rings (SSSR count). The van der Waals surface area contributed by atoms with E-state index in [1.54, 1.807) is 23.9 Å². The van der Waals surface area contributed by atoms with Crippen molar-refractivity contribution in [3.8, 4) is 5.75 Å². The molecular weight excluding hydrogens is 294 g/mol. The van der Waals surface area contributed by atoms with Crippen LogP contribution in [0.3, 0.4) is 0 Å². The van der Waals surface area contributed by atoms with Crippen molar-refractivity contribution in [1.82, 2.24) is 5.32 Å². The number of nitrogens with one attached hydrogen (secondary N) is 1. The number of hydrogen-bond acceptors (Lipinski definition) is 3. The van der Waals surface area contributed by atoms with Gasteiger partial charge in [0.25, 0.3) is 0 Å². The fourth-order valence-corrected chi connectivity index (χ4v) is 2.33. The van der Waals surface area contributed by atoms with E-state index in [0.717, 1.165) is 11.5 Å². The van der Waals surface area contributed by atoms with Crippen molar-refractivity contribution in [3.05, 3.63) is 29.3 Å². The van der Waals surface area contributed by atoms with Gasteiger partial charge in [-0.1, -0.05) is 11.6 Å². The first-order valence-electron chi connectivity index (χ1n) is 6.60.